The SMILES string of the molecule is O=C(O)c1sc2ncccc2c1-c1ccccc1. The summed E-state index contributed by atoms with van der Waals surface area (Å²) >= 11 is 1.22. The van der Waals surface area contributed by atoms with Gasteiger partial charge in [-0.1, -0.05) is 30.3 Å². The van der Waals surface area contributed by atoms with Crippen molar-refractivity contribution >= 4 is 27.5 Å². The number of carboxylic acids is 1. The molecule has 0 amide bonds. The van der Waals surface area contributed by atoms with Crippen molar-refractivity contribution in [2.45, 2.75) is 0 Å². The molecule has 1 N–H and O–H groups in total. The van der Waals surface area contributed by atoms with Gasteiger partial charge >= 0.3 is 5.97 Å². The Hall–Kier alpha value is -2.20. The van der Waals surface area contributed by atoms with Gasteiger partial charge in [-0.2, -0.15) is 0 Å². The summed E-state index contributed by atoms with van der Waals surface area (Å²) in [5.74, 6) is -0.906. The van der Waals surface area contributed by atoms with E-state index in [0.717, 1.165) is 21.3 Å². The first kappa shape index (κ1) is 10.9. The van der Waals surface area contributed by atoms with Gasteiger partial charge in [0.25, 0.3) is 0 Å². The number of rotatable bonds is 2. The number of benzene rings is 1. The summed E-state index contributed by atoms with van der Waals surface area (Å²) in [7, 11) is 0. The molecule has 2 heterocycles. The van der Waals surface area contributed by atoms with Crippen LogP contribution < -0.4 is 0 Å². The van der Waals surface area contributed by atoms with Crippen molar-refractivity contribution in [3.63, 3.8) is 0 Å². The van der Waals surface area contributed by atoms with Crippen molar-refractivity contribution in [1.29, 1.82) is 0 Å². The van der Waals surface area contributed by atoms with Crippen LogP contribution in [-0.2, 0) is 0 Å². The Labute approximate surface area is 107 Å². The predicted molar refractivity (Wildman–Crippen MR) is 72.0 cm³/mol. The molecule has 4 heteroatoms. The fourth-order valence-corrected chi connectivity index (χ4v) is 2.98. The van der Waals surface area contributed by atoms with Crippen LogP contribution in [0.5, 0.6) is 0 Å². The highest BCUT2D eigenvalue weighted by Gasteiger charge is 2.19. The highest BCUT2D eigenvalue weighted by Crippen LogP contribution is 2.37. The quantitative estimate of drug-likeness (QED) is 0.760. The number of hydrogen-bond acceptors (Lipinski definition) is 3. The zero-order chi connectivity index (χ0) is 12.5. The molecule has 0 radical (unpaired) electrons. The number of nitrogens with zero attached hydrogens (tertiary/aromatic N) is 1. The van der Waals surface area contributed by atoms with Crippen molar-refractivity contribution < 1.29 is 9.90 Å². The molecule has 0 unspecified atom stereocenters. The maximum absolute atomic E-state index is 11.3. The summed E-state index contributed by atoms with van der Waals surface area (Å²) in [6.07, 6.45) is 1.68. The molecule has 0 aliphatic rings. The highest BCUT2D eigenvalue weighted by molar-refractivity contribution is 7.21. The normalized spacial score (nSPS) is 10.7. The third kappa shape index (κ3) is 1.67. The molecule has 3 nitrogen and oxygen atoms in total. The molecule has 0 saturated heterocycles. The van der Waals surface area contributed by atoms with Crippen molar-refractivity contribution in [2.24, 2.45) is 0 Å². The average Bonchev–Trinajstić information content (AvgIpc) is 2.79. The largest absolute Gasteiger partial charge is 0.477 e. The molecular weight excluding hydrogens is 246 g/mol. The minimum Gasteiger partial charge on any atom is -0.477 e. The van der Waals surface area contributed by atoms with E-state index < -0.39 is 5.97 Å². The monoisotopic (exact) mass is 255 g/mol. The first-order chi connectivity index (χ1) is 8.77. The van der Waals surface area contributed by atoms with Crippen molar-refractivity contribution in [2.75, 3.05) is 0 Å². The van der Waals surface area contributed by atoms with Gasteiger partial charge in [0.1, 0.15) is 9.71 Å². The molecule has 2 aromatic heterocycles. The third-order valence-electron chi connectivity index (χ3n) is 2.72. The van der Waals surface area contributed by atoms with Crippen LogP contribution >= 0.6 is 11.3 Å². The third-order valence-corrected chi connectivity index (χ3v) is 3.82. The Morgan fingerprint density at radius 3 is 2.61 bits per heavy atom. The fourth-order valence-electron chi connectivity index (χ4n) is 1.97. The Morgan fingerprint density at radius 1 is 1.11 bits per heavy atom. The maximum atomic E-state index is 11.3. The lowest BCUT2D eigenvalue weighted by Crippen LogP contribution is -1.94. The lowest BCUT2D eigenvalue weighted by molar-refractivity contribution is 0.0703. The minimum absolute atomic E-state index is 0.343. The molecule has 1 aromatic carbocycles. The van der Waals surface area contributed by atoms with Crippen LogP contribution in [0.2, 0.25) is 0 Å². The molecule has 0 saturated carbocycles. The second-order valence-corrected chi connectivity index (χ2v) is 4.83. The average molecular weight is 255 g/mol. The summed E-state index contributed by atoms with van der Waals surface area (Å²) < 4.78 is 0. The van der Waals surface area contributed by atoms with E-state index in [1.807, 2.05) is 42.5 Å². The summed E-state index contributed by atoms with van der Waals surface area (Å²) in [5.41, 5.74) is 1.67. The van der Waals surface area contributed by atoms with Gasteiger partial charge in [-0.05, 0) is 17.7 Å². The fraction of sp³-hybridized carbons (Fsp3) is 0. The topological polar surface area (TPSA) is 50.2 Å². The van der Waals surface area contributed by atoms with E-state index in [2.05, 4.69) is 4.98 Å². The van der Waals surface area contributed by atoms with Crippen LogP contribution in [0.4, 0.5) is 0 Å². The van der Waals surface area contributed by atoms with Gasteiger partial charge in [0, 0.05) is 17.1 Å². The Kier molecular flexibility index (Phi) is 2.57. The summed E-state index contributed by atoms with van der Waals surface area (Å²) in [6, 6.07) is 13.3. The van der Waals surface area contributed by atoms with E-state index in [-0.39, 0.29) is 0 Å². The van der Waals surface area contributed by atoms with Gasteiger partial charge in [-0.25, -0.2) is 9.78 Å². The highest BCUT2D eigenvalue weighted by atomic mass is 32.1. The Morgan fingerprint density at radius 2 is 1.89 bits per heavy atom. The summed E-state index contributed by atoms with van der Waals surface area (Å²) in [4.78, 5) is 16.7. The molecule has 0 aliphatic carbocycles. The summed E-state index contributed by atoms with van der Waals surface area (Å²) in [5, 5.41) is 10.2. The number of carboxylic acid groups (broad SMARTS) is 1. The molecule has 0 spiro atoms. The van der Waals surface area contributed by atoms with Crippen LogP contribution in [-0.4, -0.2) is 16.1 Å². The summed E-state index contributed by atoms with van der Waals surface area (Å²) in [6.45, 7) is 0. The van der Waals surface area contributed by atoms with Gasteiger partial charge in [0.15, 0.2) is 0 Å². The second kappa shape index (κ2) is 4.23. The molecule has 3 aromatic rings. The standard InChI is InChI=1S/C14H9NO2S/c16-14(17)12-11(9-5-2-1-3-6-9)10-7-4-8-15-13(10)18-12/h1-8H,(H,16,17). The zero-order valence-electron chi connectivity index (χ0n) is 9.33. The van der Waals surface area contributed by atoms with E-state index in [9.17, 15) is 9.90 Å². The molecule has 0 aliphatic heterocycles. The van der Waals surface area contributed by atoms with E-state index in [1.165, 1.54) is 11.3 Å². The Balaban J connectivity index is 2.38. The number of aromatic carboxylic acids is 1. The van der Waals surface area contributed by atoms with Gasteiger partial charge < -0.3 is 5.11 Å². The van der Waals surface area contributed by atoms with Crippen LogP contribution in [0, 0.1) is 0 Å². The van der Waals surface area contributed by atoms with Gasteiger partial charge in [-0.15, -0.1) is 11.3 Å². The van der Waals surface area contributed by atoms with E-state index in [1.54, 1.807) is 6.20 Å². The van der Waals surface area contributed by atoms with Crippen molar-refractivity contribution in [1.82, 2.24) is 4.98 Å². The van der Waals surface area contributed by atoms with E-state index in [0.29, 0.717) is 4.88 Å². The van der Waals surface area contributed by atoms with Crippen LogP contribution in [0.3, 0.4) is 0 Å². The van der Waals surface area contributed by atoms with Crippen molar-refractivity contribution in [3.05, 3.63) is 53.5 Å². The molecule has 3 rings (SSSR count). The molecular formula is C14H9NO2S. The number of fused-ring (bicyclic) bond motifs is 1. The van der Waals surface area contributed by atoms with Gasteiger partial charge in [0.2, 0.25) is 0 Å². The van der Waals surface area contributed by atoms with Gasteiger partial charge in [0.05, 0.1) is 0 Å². The van der Waals surface area contributed by atoms with Crippen LogP contribution in [0.1, 0.15) is 9.67 Å². The van der Waals surface area contributed by atoms with Crippen molar-refractivity contribution in [3.8, 4) is 11.1 Å². The lowest BCUT2D eigenvalue weighted by atomic mass is 10.0. The van der Waals surface area contributed by atoms with Crippen LogP contribution in [0.15, 0.2) is 48.7 Å². The predicted octanol–water partition coefficient (Wildman–Crippen LogP) is 3.66. The molecule has 0 atom stereocenters. The molecule has 88 valence electrons. The second-order valence-electron chi connectivity index (χ2n) is 3.83. The number of hydrogen-bond donors (Lipinski definition) is 1. The van der Waals surface area contributed by atoms with Gasteiger partial charge in [-0.3, -0.25) is 0 Å². The number of aromatic nitrogens is 1. The van der Waals surface area contributed by atoms with E-state index in [4.69, 9.17) is 0 Å². The first-order valence-corrected chi connectivity index (χ1v) is 6.25. The maximum Gasteiger partial charge on any atom is 0.346 e. The zero-order valence-corrected chi connectivity index (χ0v) is 10.1. The number of thiophene rings is 1. The number of carbonyl (C=O) groups is 1. The smallest absolute Gasteiger partial charge is 0.346 e. The molecule has 18 heavy (non-hydrogen) atoms. The van der Waals surface area contributed by atoms with Crippen LogP contribution in [0.25, 0.3) is 21.3 Å². The molecule has 0 fully saturated rings. The van der Waals surface area contributed by atoms with E-state index >= 15 is 0 Å². The minimum atomic E-state index is -0.906. The number of pyridine rings is 1. The lowest BCUT2D eigenvalue weighted by Gasteiger charge is -2.01. The first-order valence-electron chi connectivity index (χ1n) is 5.43. The molecule has 0 bridgehead atoms. The Bertz CT molecular complexity index is 719.